The molecule has 0 bridgehead atoms. The van der Waals surface area contributed by atoms with Crippen molar-refractivity contribution in [3.63, 3.8) is 0 Å². The summed E-state index contributed by atoms with van der Waals surface area (Å²) in [6.07, 6.45) is 0. The first-order valence-corrected chi connectivity index (χ1v) is 5.45. The smallest absolute Gasteiger partial charge is 0.267 e. The minimum Gasteiger partial charge on any atom is -0.267 e. The topological polar surface area (TPSA) is 46.3 Å². The zero-order chi connectivity index (χ0) is 10.4. The van der Waals surface area contributed by atoms with E-state index in [9.17, 15) is 4.79 Å². The first kappa shape index (κ1) is 11.1. The molecule has 3 nitrogen and oxygen atoms in total. The van der Waals surface area contributed by atoms with Crippen LogP contribution in [0.15, 0.2) is 30.3 Å². The maximum atomic E-state index is 11.3. The Morgan fingerprint density at radius 3 is 2.64 bits per heavy atom. The van der Waals surface area contributed by atoms with Crippen LogP contribution in [0.5, 0.6) is 0 Å². The lowest BCUT2D eigenvalue weighted by atomic mass is 10.2. The zero-order valence-electron chi connectivity index (χ0n) is 8.14. The highest BCUT2D eigenvalue weighted by Gasteiger charge is 2.08. The van der Waals surface area contributed by atoms with E-state index in [-0.39, 0.29) is 5.24 Å². The third kappa shape index (κ3) is 3.40. The van der Waals surface area contributed by atoms with Gasteiger partial charge >= 0.3 is 0 Å². The van der Waals surface area contributed by atoms with Gasteiger partial charge in [0.25, 0.3) is 5.24 Å². The highest BCUT2D eigenvalue weighted by Crippen LogP contribution is 2.08. The summed E-state index contributed by atoms with van der Waals surface area (Å²) in [4.78, 5) is 11.3. The highest BCUT2D eigenvalue weighted by atomic mass is 32.2. The van der Waals surface area contributed by atoms with Crippen LogP contribution in [0.2, 0.25) is 0 Å². The lowest BCUT2D eigenvalue weighted by molar-refractivity contribution is 0.222. The van der Waals surface area contributed by atoms with Gasteiger partial charge in [0.05, 0.1) is 6.54 Å². The van der Waals surface area contributed by atoms with Gasteiger partial charge in [0, 0.05) is 0 Å². The quantitative estimate of drug-likeness (QED) is 0.473. The van der Waals surface area contributed by atoms with Crippen molar-refractivity contribution in [3.05, 3.63) is 35.9 Å². The van der Waals surface area contributed by atoms with Gasteiger partial charge in [-0.2, -0.15) is 0 Å². The maximum absolute atomic E-state index is 11.3. The normalized spacial score (nSPS) is 9.86. The Morgan fingerprint density at radius 2 is 2.07 bits per heavy atom. The number of amides is 1. The molecule has 0 heterocycles. The summed E-state index contributed by atoms with van der Waals surface area (Å²) in [7, 11) is 0. The molecular weight excluding hydrogens is 196 g/mol. The average molecular weight is 210 g/mol. The van der Waals surface area contributed by atoms with Gasteiger partial charge in [0.1, 0.15) is 0 Å². The van der Waals surface area contributed by atoms with Crippen LogP contribution in [0.3, 0.4) is 0 Å². The number of nitrogens with zero attached hydrogens (tertiary/aromatic N) is 1. The van der Waals surface area contributed by atoms with Crippen LogP contribution in [-0.2, 0) is 6.54 Å². The van der Waals surface area contributed by atoms with Crippen LogP contribution in [0.4, 0.5) is 4.79 Å². The largest absolute Gasteiger partial charge is 0.295 e. The summed E-state index contributed by atoms with van der Waals surface area (Å²) in [5.41, 5.74) is 1.04. The van der Waals surface area contributed by atoms with Gasteiger partial charge < -0.3 is 0 Å². The van der Waals surface area contributed by atoms with Gasteiger partial charge in [0.15, 0.2) is 0 Å². The molecule has 0 atom stereocenters. The third-order valence-corrected chi connectivity index (χ3v) is 2.47. The summed E-state index contributed by atoms with van der Waals surface area (Å²) in [5.74, 6) is 6.35. The van der Waals surface area contributed by atoms with Crippen molar-refractivity contribution < 1.29 is 4.79 Å². The SMILES string of the molecule is CCSC(=O)N(N)Cc1ccccc1. The van der Waals surface area contributed by atoms with Crippen molar-refractivity contribution in [1.29, 1.82) is 0 Å². The molecule has 0 spiro atoms. The minimum atomic E-state index is -0.0867. The number of carbonyl (C=O) groups excluding carboxylic acids is 1. The van der Waals surface area contributed by atoms with Crippen LogP contribution in [0.25, 0.3) is 0 Å². The highest BCUT2D eigenvalue weighted by molar-refractivity contribution is 8.13. The number of thioether (sulfide) groups is 1. The molecule has 0 aliphatic carbocycles. The fourth-order valence-corrected chi connectivity index (χ4v) is 1.53. The van der Waals surface area contributed by atoms with Crippen molar-refractivity contribution in [1.82, 2.24) is 5.01 Å². The predicted molar refractivity (Wildman–Crippen MR) is 59.7 cm³/mol. The Labute approximate surface area is 88.2 Å². The van der Waals surface area contributed by atoms with Crippen molar-refractivity contribution in [2.45, 2.75) is 13.5 Å². The molecule has 0 saturated heterocycles. The number of benzene rings is 1. The summed E-state index contributed by atoms with van der Waals surface area (Å²) >= 11 is 1.22. The first-order valence-electron chi connectivity index (χ1n) is 4.47. The Hall–Kier alpha value is -1.00. The van der Waals surface area contributed by atoms with Gasteiger partial charge in [-0.3, -0.25) is 9.80 Å². The second kappa shape index (κ2) is 5.67. The molecule has 76 valence electrons. The number of hydrogen-bond donors (Lipinski definition) is 1. The van der Waals surface area contributed by atoms with E-state index >= 15 is 0 Å². The number of rotatable bonds is 3. The first-order chi connectivity index (χ1) is 6.74. The molecule has 4 heteroatoms. The van der Waals surface area contributed by atoms with Gasteiger partial charge in [0.2, 0.25) is 0 Å². The fourth-order valence-electron chi connectivity index (χ4n) is 1.05. The molecule has 0 aliphatic heterocycles. The summed E-state index contributed by atoms with van der Waals surface area (Å²) < 4.78 is 0. The monoisotopic (exact) mass is 210 g/mol. The molecule has 0 aliphatic rings. The van der Waals surface area contributed by atoms with Crippen molar-refractivity contribution in [2.24, 2.45) is 5.84 Å². The van der Waals surface area contributed by atoms with Gasteiger partial charge in [-0.25, -0.2) is 5.84 Å². The summed E-state index contributed by atoms with van der Waals surface area (Å²) in [5, 5.41) is 1.15. The fraction of sp³-hybridized carbons (Fsp3) is 0.300. The molecule has 2 N–H and O–H groups in total. The Kier molecular flexibility index (Phi) is 4.49. The van der Waals surface area contributed by atoms with Gasteiger partial charge in [-0.1, -0.05) is 49.0 Å². The molecule has 1 aromatic carbocycles. The Balaban J connectivity index is 2.49. The lowest BCUT2D eigenvalue weighted by Gasteiger charge is -2.15. The zero-order valence-corrected chi connectivity index (χ0v) is 8.96. The van der Waals surface area contributed by atoms with E-state index in [1.54, 1.807) is 0 Å². The second-order valence-electron chi connectivity index (χ2n) is 2.81. The predicted octanol–water partition coefficient (Wildman–Crippen LogP) is 2.24. The number of nitrogens with two attached hydrogens (primary N) is 1. The molecule has 0 saturated carbocycles. The van der Waals surface area contributed by atoms with Crippen LogP contribution in [0.1, 0.15) is 12.5 Å². The molecule has 1 rings (SSSR count). The summed E-state index contributed by atoms with van der Waals surface area (Å²) in [6, 6.07) is 9.70. The maximum Gasteiger partial charge on any atom is 0.295 e. The lowest BCUT2D eigenvalue weighted by Crippen LogP contribution is -2.33. The molecule has 1 amide bonds. The van der Waals surface area contributed by atoms with Crippen molar-refractivity contribution in [3.8, 4) is 0 Å². The molecule has 14 heavy (non-hydrogen) atoms. The van der Waals surface area contributed by atoms with Crippen LogP contribution in [0, 0.1) is 0 Å². The molecule has 1 aromatic rings. The van der Waals surface area contributed by atoms with Crippen molar-refractivity contribution >= 4 is 17.0 Å². The van der Waals surface area contributed by atoms with Crippen LogP contribution >= 0.6 is 11.8 Å². The summed E-state index contributed by atoms with van der Waals surface area (Å²) in [6.45, 7) is 2.39. The van der Waals surface area contributed by atoms with E-state index < -0.39 is 0 Å². The molecule has 0 fully saturated rings. The molecule has 0 unspecified atom stereocenters. The number of hydrogen-bond acceptors (Lipinski definition) is 3. The van der Waals surface area contributed by atoms with E-state index in [1.165, 1.54) is 16.8 Å². The number of hydrazine groups is 1. The standard InChI is InChI=1S/C10H14N2OS/c1-2-14-10(13)12(11)8-9-6-4-3-5-7-9/h3-7H,2,8,11H2,1H3. The Bertz CT molecular complexity index is 289. The van der Waals surface area contributed by atoms with E-state index in [0.717, 1.165) is 11.3 Å². The molecular formula is C10H14N2OS. The minimum absolute atomic E-state index is 0.0867. The molecule has 0 radical (unpaired) electrons. The van der Waals surface area contributed by atoms with E-state index in [2.05, 4.69) is 0 Å². The van der Waals surface area contributed by atoms with Gasteiger partial charge in [-0.05, 0) is 11.3 Å². The van der Waals surface area contributed by atoms with E-state index in [1.807, 2.05) is 37.3 Å². The van der Waals surface area contributed by atoms with Crippen LogP contribution in [-0.4, -0.2) is 16.0 Å². The Morgan fingerprint density at radius 1 is 1.43 bits per heavy atom. The average Bonchev–Trinajstić information content (AvgIpc) is 2.19. The van der Waals surface area contributed by atoms with Gasteiger partial charge in [-0.15, -0.1) is 0 Å². The second-order valence-corrected chi connectivity index (χ2v) is 4.03. The van der Waals surface area contributed by atoms with Crippen molar-refractivity contribution in [2.75, 3.05) is 5.75 Å². The van der Waals surface area contributed by atoms with E-state index in [4.69, 9.17) is 5.84 Å². The van der Waals surface area contributed by atoms with Crippen LogP contribution < -0.4 is 5.84 Å². The van der Waals surface area contributed by atoms with E-state index in [0.29, 0.717) is 6.54 Å². The third-order valence-electron chi connectivity index (χ3n) is 1.70. The molecule has 0 aromatic heterocycles. The number of carbonyl (C=O) groups is 1.